The summed E-state index contributed by atoms with van der Waals surface area (Å²) in [6.45, 7) is 7.40. The lowest BCUT2D eigenvalue weighted by Crippen LogP contribution is -2.32. The summed E-state index contributed by atoms with van der Waals surface area (Å²) in [6.07, 6.45) is 3.40. The third-order valence-corrected chi connectivity index (χ3v) is 1.61. The number of unbranched alkanes of at least 4 members (excludes halogenated alkanes) is 1. The molecule has 73 valence electrons. The lowest BCUT2D eigenvalue weighted by Gasteiger charge is -2.05. The van der Waals surface area contributed by atoms with Crippen LogP contribution in [0.4, 0.5) is 0 Å². The van der Waals surface area contributed by atoms with Crippen LogP contribution in [-0.4, -0.2) is 39.8 Å². The normalized spacial score (nSPS) is 10.5. The second-order valence-corrected chi connectivity index (χ2v) is 2.75. The number of hydrogen-bond donors (Lipinski definition) is 3. The maximum absolute atomic E-state index is 3.32. The van der Waals surface area contributed by atoms with Gasteiger partial charge in [-0.2, -0.15) is 0 Å². The summed E-state index contributed by atoms with van der Waals surface area (Å²) >= 11 is 0. The first kappa shape index (κ1) is 11.9. The monoisotopic (exact) mass is 172 g/mol. The summed E-state index contributed by atoms with van der Waals surface area (Å²) in [5.74, 6) is 0. The molecule has 12 heavy (non-hydrogen) atoms. The molecule has 0 aliphatic rings. The fourth-order valence-corrected chi connectivity index (χ4v) is 0.864. The third kappa shape index (κ3) is 9.88. The van der Waals surface area contributed by atoms with Crippen molar-refractivity contribution in [3.63, 3.8) is 0 Å². The van der Waals surface area contributed by atoms with Crippen LogP contribution in [0.25, 0.3) is 0 Å². The highest BCUT2D eigenvalue weighted by molar-refractivity contribution is 4.65. The molecule has 0 bridgehead atoms. The van der Waals surface area contributed by atoms with Gasteiger partial charge in [0, 0.05) is 26.2 Å². The number of hydrogen-bond acceptors (Lipinski definition) is 3. The fourth-order valence-electron chi connectivity index (χ4n) is 0.864. The van der Waals surface area contributed by atoms with Crippen molar-refractivity contribution in [3.8, 4) is 0 Å². The molecule has 0 saturated heterocycles. The van der Waals surface area contributed by atoms with Gasteiger partial charge in [-0.25, -0.2) is 0 Å². The van der Waals surface area contributed by atoms with Crippen LogP contribution in [0.2, 0.25) is 0 Å². The van der Waals surface area contributed by atoms with Gasteiger partial charge >= 0.3 is 0 Å². The zero-order chi connectivity index (χ0) is 9.07. The largest absolute Gasteiger partial charge is 0.318 e. The average molecular weight is 172 g/mol. The van der Waals surface area contributed by atoms with Gasteiger partial charge in [0.25, 0.3) is 0 Å². The first-order valence-corrected chi connectivity index (χ1v) is 4.79. The molecule has 0 aromatic carbocycles. The Morgan fingerprint density at radius 1 is 1.00 bits per heavy atom. The van der Waals surface area contributed by atoms with E-state index in [-0.39, 0.29) is 0 Å². The summed E-state index contributed by atoms with van der Waals surface area (Å²) in [5, 5.41) is 9.74. The maximum Gasteiger partial charge on any atom is 0.00772 e. The van der Waals surface area contributed by atoms with Gasteiger partial charge in [0.15, 0.2) is 0 Å². The Labute approximate surface area is 76.3 Å². The Bertz CT molecular complexity index is 66.2. The van der Waals surface area contributed by atoms with Crippen molar-refractivity contribution in [2.24, 2.45) is 0 Å². The van der Waals surface area contributed by atoms with E-state index in [1.54, 1.807) is 0 Å². The van der Waals surface area contributed by atoms with Gasteiger partial charge in [-0.1, -0.05) is 13.3 Å². The van der Waals surface area contributed by atoms with Crippen molar-refractivity contribution in [2.45, 2.75) is 13.3 Å². The Morgan fingerprint density at radius 2 is 1.67 bits per heavy atom. The smallest absolute Gasteiger partial charge is 0.00772 e. The van der Waals surface area contributed by atoms with Gasteiger partial charge in [-0.15, -0.1) is 0 Å². The van der Waals surface area contributed by atoms with Gasteiger partial charge in [-0.05, 0) is 20.0 Å². The molecule has 0 rings (SSSR count). The molecule has 3 heteroatoms. The minimum absolute atomic E-state index is 1.03. The zero-order valence-corrected chi connectivity index (χ0v) is 8.32. The molecular weight excluding hydrogens is 150 g/mol. The van der Waals surface area contributed by atoms with Crippen LogP contribution >= 0.6 is 0 Å². The van der Waals surface area contributed by atoms with Crippen molar-refractivity contribution in [1.82, 2.24) is 16.0 Å². The number of nitrogens with one attached hydrogen (secondary N) is 3. The zero-order valence-electron chi connectivity index (χ0n) is 8.32. The van der Waals surface area contributed by atoms with E-state index in [0.717, 1.165) is 39.1 Å². The summed E-state index contributed by atoms with van der Waals surface area (Å²) in [4.78, 5) is 0. The molecule has 0 fully saturated rings. The van der Waals surface area contributed by atoms with Crippen LogP contribution < -0.4 is 16.0 Å². The van der Waals surface area contributed by atoms with Gasteiger partial charge in [0.2, 0.25) is 0 Å². The molecule has 0 amide bonds. The highest BCUT2D eigenvalue weighted by Crippen LogP contribution is 1.78. The first-order valence-electron chi connectivity index (χ1n) is 4.79. The Morgan fingerprint density at radius 3 is 2.33 bits per heavy atom. The fraction of sp³-hybridized carbons (Fsp3) is 0.889. The number of likely N-dealkylation sites (N-methyl/N-ethyl adjacent to an activating group) is 1. The molecule has 3 nitrogen and oxygen atoms in total. The van der Waals surface area contributed by atoms with Crippen molar-refractivity contribution in [1.29, 1.82) is 0 Å². The van der Waals surface area contributed by atoms with E-state index in [2.05, 4.69) is 29.3 Å². The molecule has 0 aromatic heterocycles. The van der Waals surface area contributed by atoms with E-state index < -0.39 is 0 Å². The summed E-state index contributed by atoms with van der Waals surface area (Å²) in [5.41, 5.74) is 0. The van der Waals surface area contributed by atoms with Crippen molar-refractivity contribution < 1.29 is 0 Å². The SMILES string of the molecule is CC[CH]CNCCNCCNC. The highest BCUT2D eigenvalue weighted by Gasteiger charge is 1.86. The molecule has 0 aromatic rings. The maximum atomic E-state index is 3.32. The minimum Gasteiger partial charge on any atom is -0.318 e. The van der Waals surface area contributed by atoms with Gasteiger partial charge < -0.3 is 16.0 Å². The standard InChI is InChI=1S/C9H22N3/c1-3-4-5-11-8-9-12-7-6-10-2/h4,10-12H,3,5-9H2,1-2H3. The average Bonchev–Trinajstić information content (AvgIpc) is 2.10. The van der Waals surface area contributed by atoms with Crippen LogP contribution in [0.3, 0.4) is 0 Å². The third-order valence-electron chi connectivity index (χ3n) is 1.61. The second-order valence-electron chi connectivity index (χ2n) is 2.75. The van der Waals surface area contributed by atoms with Crippen molar-refractivity contribution in [2.75, 3.05) is 39.8 Å². The lowest BCUT2D eigenvalue weighted by molar-refractivity contribution is 0.609. The highest BCUT2D eigenvalue weighted by atomic mass is 15.0. The molecule has 0 atom stereocenters. The molecule has 1 radical (unpaired) electrons. The predicted octanol–water partition coefficient (Wildman–Crippen LogP) is -0.000710. The molecular formula is C9H22N3. The van der Waals surface area contributed by atoms with Crippen LogP contribution in [0.1, 0.15) is 13.3 Å². The van der Waals surface area contributed by atoms with Crippen molar-refractivity contribution >= 4 is 0 Å². The van der Waals surface area contributed by atoms with E-state index in [4.69, 9.17) is 0 Å². The van der Waals surface area contributed by atoms with E-state index >= 15 is 0 Å². The molecule has 0 spiro atoms. The van der Waals surface area contributed by atoms with Gasteiger partial charge in [0.1, 0.15) is 0 Å². The van der Waals surface area contributed by atoms with E-state index in [1.165, 1.54) is 0 Å². The predicted molar refractivity (Wildman–Crippen MR) is 54.3 cm³/mol. The van der Waals surface area contributed by atoms with Gasteiger partial charge in [0.05, 0.1) is 0 Å². The van der Waals surface area contributed by atoms with Crippen LogP contribution in [0.5, 0.6) is 0 Å². The van der Waals surface area contributed by atoms with E-state index in [1.807, 2.05) is 7.05 Å². The topological polar surface area (TPSA) is 36.1 Å². The Kier molecular flexibility index (Phi) is 10.8. The second kappa shape index (κ2) is 10.9. The molecule has 3 N–H and O–H groups in total. The quantitative estimate of drug-likeness (QED) is 0.428. The van der Waals surface area contributed by atoms with Gasteiger partial charge in [-0.3, -0.25) is 0 Å². The molecule has 0 aliphatic heterocycles. The van der Waals surface area contributed by atoms with Crippen LogP contribution in [0.15, 0.2) is 0 Å². The molecule has 0 aliphatic carbocycles. The Hall–Kier alpha value is -0.120. The molecule has 0 heterocycles. The minimum atomic E-state index is 1.03. The van der Waals surface area contributed by atoms with Crippen LogP contribution in [0, 0.1) is 6.42 Å². The summed E-state index contributed by atoms with van der Waals surface area (Å²) in [6, 6.07) is 0. The molecule has 0 unspecified atom stereocenters. The van der Waals surface area contributed by atoms with Crippen molar-refractivity contribution in [3.05, 3.63) is 6.42 Å². The summed E-state index contributed by atoms with van der Waals surface area (Å²) < 4.78 is 0. The molecule has 0 saturated carbocycles. The first-order chi connectivity index (χ1) is 5.91. The Balaban J connectivity index is 2.73. The van der Waals surface area contributed by atoms with E-state index in [9.17, 15) is 0 Å². The van der Waals surface area contributed by atoms with E-state index in [0.29, 0.717) is 0 Å². The van der Waals surface area contributed by atoms with Crippen LogP contribution in [-0.2, 0) is 0 Å². The lowest BCUT2D eigenvalue weighted by atomic mass is 10.3. The summed E-state index contributed by atoms with van der Waals surface area (Å²) in [7, 11) is 1.97. The number of rotatable bonds is 9.